The van der Waals surface area contributed by atoms with E-state index >= 15 is 0 Å². The van der Waals surface area contributed by atoms with Gasteiger partial charge in [0.25, 0.3) is 5.69 Å². The van der Waals surface area contributed by atoms with Crippen LogP contribution in [0.25, 0.3) is 22.3 Å². The Morgan fingerprint density at radius 3 is 1.52 bits per heavy atom. The third-order valence-electron chi connectivity index (χ3n) is 6.36. The van der Waals surface area contributed by atoms with Crippen molar-refractivity contribution >= 4 is 23.3 Å². The van der Waals surface area contributed by atoms with Gasteiger partial charge in [0, 0.05) is 16.7 Å². The summed E-state index contributed by atoms with van der Waals surface area (Å²) in [7, 11) is 2.29. The van der Waals surface area contributed by atoms with Crippen LogP contribution in [0, 0.1) is 54.8 Å². The highest BCUT2D eigenvalue weighted by molar-refractivity contribution is 5.98. The molecule has 0 spiro atoms. The van der Waals surface area contributed by atoms with E-state index in [1.807, 2.05) is 0 Å². The van der Waals surface area contributed by atoms with E-state index in [2.05, 4.69) is 19.8 Å². The molecular weight excluding hydrogens is 556 g/mol. The third kappa shape index (κ3) is 5.65. The number of rotatable bonds is 6. The molecule has 0 bridgehead atoms. The monoisotopic (exact) mass is 582 g/mol. The molecule has 220 valence electrons. The normalized spacial score (nSPS) is 10.5. The Morgan fingerprint density at radius 2 is 1.14 bits per heavy atom. The Labute approximate surface area is 237 Å². The number of aromatic nitrogens is 2. The Morgan fingerprint density at radius 1 is 0.738 bits per heavy atom. The zero-order chi connectivity index (χ0) is 31.5. The summed E-state index contributed by atoms with van der Waals surface area (Å²) < 4.78 is 19.1. The number of methoxy groups -OCH3 is 2. The van der Waals surface area contributed by atoms with Crippen molar-refractivity contribution in [1.29, 1.82) is 0 Å². The van der Waals surface area contributed by atoms with E-state index in [1.54, 1.807) is 40.7 Å². The van der Waals surface area contributed by atoms with Crippen molar-refractivity contribution in [3.63, 3.8) is 0 Å². The maximum Gasteiger partial charge on any atom is 0.345 e. The molecule has 4 rings (SSSR count). The van der Waals surface area contributed by atoms with E-state index < -0.39 is 33.2 Å². The van der Waals surface area contributed by atoms with Crippen LogP contribution >= 0.6 is 0 Å². The molecular formula is C27H26N4O11. The van der Waals surface area contributed by atoms with Gasteiger partial charge in [0.2, 0.25) is 5.75 Å². The Hall–Kier alpha value is -5.60. The molecule has 0 aliphatic carbocycles. The summed E-state index contributed by atoms with van der Waals surface area (Å²) in [4.78, 5) is 44.3. The van der Waals surface area contributed by atoms with Gasteiger partial charge in [-0.25, -0.2) is 9.59 Å². The smallest absolute Gasteiger partial charge is 0.345 e. The van der Waals surface area contributed by atoms with Gasteiger partial charge in [0.15, 0.2) is 0 Å². The molecule has 0 aliphatic rings. The van der Waals surface area contributed by atoms with Gasteiger partial charge >= 0.3 is 17.6 Å². The molecule has 0 fully saturated rings. The summed E-state index contributed by atoms with van der Waals surface area (Å²) in [5.74, 6) is -1.30. The molecule has 0 saturated heterocycles. The lowest BCUT2D eigenvalue weighted by atomic mass is 9.95. The van der Waals surface area contributed by atoms with E-state index in [4.69, 9.17) is 9.05 Å². The van der Waals surface area contributed by atoms with Gasteiger partial charge in [0.05, 0.1) is 41.0 Å². The number of phenols is 1. The molecule has 0 aliphatic heterocycles. The topological polar surface area (TPSA) is 211 Å². The van der Waals surface area contributed by atoms with Crippen LogP contribution in [0.1, 0.15) is 49.2 Å². The Balaban J connectivity index is 0.000000230. The van der Waals surface area contributed by atoms with Crippen LogP contribution in [-0.4, -0.2) is 51.4 Å². The molecule has 0 atom stereocenters. The summed E-state index contributed by atoms with van der Waals surface area (Å²) >= 11 is 0. The highest BCUT2D eigenvalue weighted by Crippen LogP contribution is 2.42. The number of nitrogens with zero attached hydrogens (tertiary/aromatic N) is 4. The van der Waals surface area contributed by atoms with Crippen LogP contribution in [-0.2, 0) is 9.47 Å². The summed E-state index contributed by atoms with van der Waals surface area (Å²) in [6.45, 7) is 8.34. The van der Waals surface area contributed by atoms with Crippen LogP contribution < -0.4 is 0 Å². The van der Waals surface area contributed by atoms with E-state index in [-0.39, 0.29) is 22.4 Å². The molecule has 0 amide bonds. The number of phenolic OH excluding ortho intramolecular Hbond substituents is 1. The number of benzene rings is 2. The number of aryl methyl sites for hydroxylation is 4. The van der Waals surface area contributed by atoms with Crippen molar-refractivity contribution in [3.05, 3.63) is 84.1 Å². The van der Waals surface area contributed by atoms with Crippen molar-refractivity contribution < 1.29 is 43.1 Å². The number of nitro groups is 2. The number of nitro benzene ring substituents is 2. The molecule has 2 heterocycles. The van der Waals surface area contributed by atoms with Gasteiger partial charge in [0.1, 0.15) is 22.6 Å². The Bertz CT molecular complexity index is 1550. The SMILES string of the molecule is COC(=O)c1ccc(-c2c(C)noc2C)c(C)c1[N+](=O)[O-].COC(=O)c1ccc(-c2c(C)noc2C)c(O)c1[N+](=O)[O-]. The highest BCUT2D eigenvalue weighted by atomic mass is 16.6. The lowest BCUT2D eigenvalue weighted by molar-refractivity contribution is -0.386. The molecule has 15 heteroatoms. The number of ether oxygens (including phenoxy) is 2. The van der Waals surface area contributed by atoms with Gasteiger partial charge in [-0.1, -0.05) is 16.4 Å². The fraction of sp³-hybridized carbons (Fsp3) is 0.259. The average molecular weight is 583 g/mol. The second-order valence-electron chi connectivity index (χ2n) is 8.89. The first-order chi connectivity index (χ1) is 19.8. The third-order valence-corrected chi connectivity index (χ3v) is 6.36. The average Bonchev–Trinajstić information content (AvgIpc) is 3.46. The highest BCUT2D eigenvalue weighted by Gasteiger charge is 2.30. The summed E-state index contributed by atoms with van der Waals surface area (Å²) in [5.41, 5.74) is 2.05. The lowest BCUT2D eigenvalue weighted by Crippen LogP contribution is -2.08. The molecule has 2 aromatic heterocycles. The van der Waals surface area contributed by atoms with Gasteiger partial charge in [-0.3, -0.25) is 20.2 Å². The second-order valence-corrected chi connectivity index (χ2v) is 8.89. The van der Waals surface area contributed by atoms with E-state index in [9.17, 15) is 34.9 Å². The Kier molecular flexibility index (Phi) is 9.05. The largest absolute Gasteiger partial charge is 0.502 e. The molecule has 4 aromatic rings. The second kappa shape index (κ2) is 12.3. The van der Waals surface area contributed by atoms with Crippen molar-refractivity contribution in [2.75, 3.05) is 14.2 Å². The minimum absolute atomic E-state index is 0.0736. The van der Waals surface area contributed by atoms with E-state index in [0.29, 0.717) is 45.2 Å². The molecule has 15 nitrogen and oxygen atoms in total. The van der Waals surface area contributed by atoms with Gasteiger partial charge in [-0.05, 0) is 58.4 Å². The van der Waals surface area contributed by atoms with Crippen LogP contribution in [0.3, 0.4) is 0 Å². The number of hydrogen-bond donors (Lipinski definition) is 1. The molecule has 42 heavy (non-hydrogen) atoms. The quantitative estimate of drug-likeness (QED) is 0.173. The number of aromatic hydroxyl groups is 1. The first-order valence-corrected chi connectivity index (χ1v) is 12.1. The van der Waals surface area contributed by atoms with Crippen LogP contribution in [0.4, 0.5) is 11.4 Å². The predicted molar refractivity (Wildman–Crippen MR) is 145 cm³/mol. The molecule has 0 radical (unpaired) electrons. The zero-order valence-electron chi connectivity index (χ0n) is 23.6. The van der Waals surface area contributed by atoms with Gasteiger partial charge in [-0.15, -0.1) is 0 Å². The maximum absolute atomic E-state index is 11.7. The number of carbonyl (C=O) groups excluding carboxylic acids is 2. The van der Waals surface area contributed by atoms with Crippen molar-refractivity contribution in [2.45, 2.75) is 34.6 Å². The standard InChI is InChI=1S/C14H14N2O5.C13H12N2O6/c1-7-10(12-8(2)15-21-9(12)3)5-6-11(14(17)20-4)13(7)16(18)19;1-6-10(7(2)21-14-6)8-4-5-9(13(17)20-3)11(12(8)16)15(18)19/h5-6H,1-4H3;4-5,16H,1-3H3. The van der Waals surface area contributed by atoms with E-state index in [0.717, 1.165) is 7.11 Å². The van der Waals surface area contributed by atoms with E-state index in [1.165, 1.54) is 25.3 Å². The first kappa shape index (κ1) is 30.9. The van der Waals surface area contributed by atoms with Crippen LogP contribution in [0.5, 0.6) is 5.75 Å². The minimum atomic E-state index is -0.901. The molecule has 2 aromatic carbocycles. The fourth-order valence-corrected chi connectivity index (χ4v) is 4.46. The van der Waals surface area contributed by atoms with Crippen molar-refractivity contribution in [3.8, 4) is 28.0 Å². The molecule has 0 unspecified atom stereocenters. The maximum atomic E-state index is 11.7. The van der Waals surface area contributed by atoms with Gasteiger partial charge < -0.3 is 23.6 Å². The zero-order valence-corrected chi connectivity index (χ0v) is 23.6. The molecule has 0 saturated carbocycles. The summed E-state index contributed by atoms with van der Waals surface area (Å²) in [6, 6.07) is 5.64. The predicted octanol–water partition coefficient (Wildman–Crippen LogP) is 5.32. The number of hydrogen-bond acceptors (Lipinski definition) is 13. The minimum Gasteiger partial charge on any atom is -0.502 e. The van der Waals surface area contributed by atoms with Crippen molar-refractivity contribution in [2.24, 2.45) is 0 Å². The number of carbonyl (C=O) groups is 2. The lowest BCUT2D eigenvalue weighted by Gasteiger charge is -2.09. The van der Waals surface area contributed by atoms with Crippen LogP contribution in [0.2, 0.25) is 0 Å². The number of esters is 2. The fourth-order valence-electron chi connectivity index (χ4n) is 4.46. The van der Waals surface area contributed by atoms with Crippen molar-refractivity contribution in [1.82, 2.24) is 10.3 Å². The van der Waals surface area contributed by atoms with Crippen LogP contribution in [0.15, 0.2) is 33.3 Å². The molecule has 1 N–H and O–H groups in total. The summed E-state index contributed by atoms with van der Waals surface area (Å²) in [5, 5.41) is 40.2. The first-order valence-electron chi connectivity index (χ1n) is 12.1. The van der Waals surface area contributed by atoms with Gasteiger partial charge in [-0.2, -0.15) is 0 Å². The summed E-state index contributed by atoms with van der Waals surface area (Å²) in [6.07, 6.45) is 0.